The Balaban J connectivity index is 1.88. The van der Waals surface area contributed by atoms with Gasteiger partial charge in [0.05, 0.1) is 0 Å². The fourth-order valence-electron chi connectivity index (χ4n) is 2.70. The zero-order valence-electron chi connectivity index (χ0n) is 16.1. The highest BCUT2D eigenvalue weighted by molar-refractivity contribution is 5.89. The average Bonchev–Trinajstić information content (AvgIpc) is 2.49. The monoisotopic (exact) mass is 364 g/mol. The number of carbonyl (C=O) groups is 2. The Morgan fingerprint density at radius 1 is 1.23 bits per heavy atom. The number of nitrogens with zero attached hydrogens (tertiary/aromatic N) is 2. The first-order valence-electron chi connectivity index (χ1n) is 8.71. The van der Waals surface area contributed by atoms with Crippen LogP contribution in [0.25, 0.3) is 0 Å². The highest BCUT2D eigenvalue weighted by Crippen LogP contribution is 2.23. The van der Waals surface area contributed by atoms with Crippen LogP contribution in [0.15, 0.2) is 23.1 Å². The van der Waals surface area contributed by atoms with Gasteiger partial charge in [-0.05, 0) is 46.6 Å². The van der Waals surface area contributed by atoms with Gasteiger partial charge in [0.15, 0.2) is 0 Å². The number of piperidine rings is 1. The molecule has 2 N–H and O–H groups in total. The molecule has 0 radical (unpaired) electrons. The van der Waals surface area contributed by atoms with Crippen LogP contribution in [0.2, 0.25) is 0 Å². The molecule has 0 spiro atoms. The predicted molar refractivity (Wildman–Crippen MR) is 99.3 cm³/mol. The lowest BCUT2D eigenvalue weighted by atomic mass is 9.90. The summed E-state index contributed by atoms with van der Waals surface area (Å²) >= 11 is 0. The van der Waals surface area contributed by atoms with Crippen molar-refractivity contribution in [1.82, 2.24) is 14.8 Å². The zero-order chi connectivity index (χ0) is 19.5. The van der Waals surface area contributed by atoms with E-state index in [1.54, 1.807) is 24.2 Å². The quantitative estimate of drug-likeness (QED) is 0.842. The van der Waals surface area contributed by atoms with E-state index in [9.17, 15) is 14.4 Å². The highest BCUT2D eigenvalue weighted by Gasteiger charge is 2.34. The van der Waals surface area contributed by atoms with Crippen LogP contribution in [0, 0.1) is 0 Å². The third kappa shape index (κ3) is 5.50. The summed E-state index contributed by atoms with van der Waals surface area (Å²) in [5.41, 5.74) is -0.703. The Bertz CT molecular complexity index is 727. The summed E-state index contributed by atoms with van der Waals surface area (Å²) in [4.78, 5) is 37.6. The third-order valence-electron chi connectivity index (χ3n) is 4.30. The van der Waals surface area contributed by atoms with Crippen LogP contribution in [-0.2, 0) is 11.8 Å². The number of urea groups is 1. The lowest BCUT2D eigenvalue weighted by molar-refractivity contribution is 0.0165. The molecule has 2 rings (SSSR count). The molecule has 26 heavy (non-hydrogen) atoms. The second-order valence-corrected chi connectivity index (χ2v) is 7.97. The summed E-state index contributed by atoms with van der Waals surface area (Å²) in [5, 5.41) is 5.63. The molecule has 0 aliphatic carbocycles. The fraction of sp³-hybridized carbons (Fsp3) is 0.611. The zero-order valence-corrected chi connectivity index (χ0v) is 16.1. The number of nitrogens with one attached hydrogen (secondary N) is 2. The van der Waals surface area contributed by atoms with Crippen molar-refractivity contribution in [3.05, 3.63) is 28.7 Å². The molecule has 8 heteroatoms. The largest absolute Gasteiger partial charge is 0.444 e. The van der Waals surface area contributed by atoms with Gasteiger partial charge in [0, 0.05) is 43.6 Å². The van der Waals surface area contributed by atoms with Crippen molar-refractivity contribution in [3.63, 3.8) is 0 Å². The number of hydrogen-bond acceptors (Lipinski definition) is 4. The van der Waals surface area contributed by atoms with E-state index in [0.29, 0.717) is 31.6 Å². The Morgan fingerprint density at radius 3 is 2.38 bits per heavy atom. The molecule has 0 aromatic carbocycles. The molecule has 1 fully saturated rings. The van der Waals surface area contributed by atoms with E-state index >= 15 is 0 Å². The van der Waals surface area contributed by atoms with E-state index in [1.165, 1.54) is 10.6 Å². The number of rotatable bonds is 2. The molecule has 144 valence electrons. The number of carbonyl (C=O) groups excluding carboxylic acids is 2. The van der Waals surface area contributed by atoms with Gasteiger partial charge >= 0.3 is 12.1 Å². The molecule has 0 bridgehead atoms. The number of amides is 3. The van der Waals surface area contributed by atoms with Crippen LogP contribution in [0.5, 0.6) is 0 Å². The number of aromatic nitrogens is 1. The summed E-state index contributed by atoms with van der Waals surface area (Å²) in [6, 6.07) is 2.66. The van der Waals surface area contributed by atoms with Crippen molar-refractivity contribution < 1.29 is 14.3 Å². The number of aryl methyl sites for hydroxylation is 1. The topological polar surface area (TPSA) is 92.7 Å². The molecule has 2 heterocycles. The van der Waals surface area contributed by atoms with E-state index in [-0.39, 0.29) is 17.7 Å². The van der Waals surface area contributed by atoms with Crippen LogP contribution < -0.4 is 16.2 Å². The van der Waals surface area contributed by atoms with E-state index in [1.807, 2.05) is 27.7 Å². The van der Waals surface area contributed by atoms with Crippen molar-refractivity contribution in [1.29, 1.82) is 0 Å². The minimum atomic E-state index is -0.525. The normalized spacial score (nSPS) is 16.7. The summed E-state index contributed by atoms with van der Waals surface area (Å²) in [7, 11) is 1.64. The van der Waals surface area contributed by atoms with Gasteiger partial charge < -0.3 is 24.8 Å². The summed E-state index contributed by atoms with van der Waals surface area (Å²) < 4.78 is 6.81. The minimum Gasteiger partial charge on any atom is -0.444 e. The third-order valence-corrected chi connectivity index (χ3v) is 4.30. The molecule has 1 aliphatic heterocycles. The van der Waals surface area contributed by atoms with Gasteiger partial charge in [-0.15, -0.1) is 0 Å². The summed E-state index contributed by atoms with van der Waals surface area (Å²) in [6.45, 7) is 8.48. The molecule has 1 saturated heterocycles. The molecule has 1 aromatic heterocycles. The molecule has 0 unspecified atom stereocenters. The van der Waals surface area contributed by atoms with Gasteiger partial charge in [-0.2, -0.15) is 0 Å². The van der Waals surface area contributed by atoms with E-state index in [4.69, 9.17) is 4.74 Å². The molecule has 1 aromatic rings. The fourth-order valence-corrected chi connectivity index (χ4v) is 2.70. The molecule has 1 aliphatic rings. The maximum atomic E-state index is 12.2. The molecule has 0 atom stereocenters. The second kappa shape index (κ2) is 7.39. The van der Waals surface area contributed by atoms with Crippen molar-refractivity contribution >= 4 is 17.8 Å². The Kier molecular flexibility index (Phi) is 5.63. The number of anilines is 1. The van der Waals surface area contributed by atoms with Crippen molar-refractivity contribution in [2.24, 2.45) is 7.05 Å². The van der Waals surface area contributed by atoms with Gasteiger partial charge in [-0.3, -0.25) is 4.79 Å². The Labute approximate surface area is 153 Å². The van der Waals surface area contributed by atoms with Crippen molar-refractivity contribution in [2.45, 2.75) is 51.7 Å². The number of likely N-dealkylation sites (tertiary alicyclic amines) is 1. The number of ether oxygens (including phenoxy) is 1. The van der Waals surface area contributed by atoms with Crippen LogP contribution in [0.3, 0.4) is 0 Å². The second-order valence-electron chi connectivity index (χ2n) is 7.97. The maximum Gasteiger partial charge on any atom is 0.410 e. The number of pyridine rings is 1. The number of hydrogen-bond donors (Lipinski definition) is 2. The maximum absolute atomic E-state index is 12.2. The molecular formula is C18H28N4O4. The molecular weight excluding hydrogens is 336 g/mol. The SMILES string of the molecule is Cn1ccc(NC(=O)NC2(C)CCN(C(=O)OC(C)(C)C)CC2)cc1=O. The van der Waals surface area contributed by atoms with Crippen molar-refractivity contribution in [3.8, 4) is 0 Å². The smallest absolute Gasteiger partial charge is 0.410 e. The first-order valence-corrected chi connectivity index (χ1v) is 8.71. The van der Waals surface area contributed by atoms with Crippen LogP contribution in [0.1, 0.15) is 40.5 Å². The predicted octanol–water partition coefficient (Wildman–Crippen LogP) is 2.30. The van der Waals surface area contributed by atoms with Gasteiger partial charge in [0.2, 0.25) is 0 Å². The first-order chi connectivity index (χ1) is 12.0. The van der Waals surface area contributed by atoms with E-state index in [0.717, 1.165) is 0 Å². The molecule has 0 saturated carbocycles. The Morgan fingerprint density at radius 2 is 1.85 bits per heavy atom. The highest BCUT2D eigenvalue weighted by atomic mass is 16.6. The summed E-state index contributed by atoms with van der Waals surface area (Å²) in [5.74, 6) is 0. The average molecular weight is 364 g/mol. The van der Waals surface area contributed by atoms with Crippen LogP contribution >= 0.6 is 0 Å². The minimum absolute atomic E-state index is 0.195. The van der Waals surface area contributed by atoms with Gasteiger partial charge in [-0.1, -0.05) is 0 Å². The van der Waals surface area contributed by atoms with Crippen molar-refractivity contribution in [2.75, 3.05) is 18.4 Å². The van der Waals surface area contributed by atoms with E-state index in [2.05, 4.69) is 10.6 Å². The molecule has 3 amide bonds. The lowest BCUT2D eigenvalue weighted by Crippen LogP contribution is -2.55. The van der Waals surface area contributed by atoms with E-state index < -0.39 is 11.1 Å². The summed E-state index contributed by atoms with van der Waals surface area (Å²) in [6.07, 6.45) is 2.51. The van der Waals surface area contributed by atoms with Gasteiger partial charge in [-0.25, -0.2) is 9.59 Å². The first kappa shape index (κ1) is 19.8. The van der Waals surface area contributed by atoms with Crippen LogP contribution in [0.4, 0.5) is 15.3 Å². The van der Waals surface area contributed by atoms with Gasteiger partial charge in [0.1, 0.15) is 5.60 Å². The standard InChI is InChI=1S/C18H28N4O4/c1-17(2,3)26-16(25)22-10-7-18(4,8-11-22)20-15(24)19-13-6-9-21(5)14(23)12-13/h6,9,12H,7-8,10-11H2,1-5H3,(H2,19,20,24). The molecule has 8 nitrogen and oxygen atoms in total. The lowest BCUT2D eigenvalue weighted by Gasteiger charge is -2.40. The van der Waals surface area contributed by atoms with Crippen LogP contribution in [-0.4, -0.2) is 45.8 Å². The Hall–Kier alpha value is -2.51. The van der Waals surface area contributed by atoms with Gasteiger partial charge in [0.25, 0.3) is 5.56 Å².